The third-order valence-electron chi connectivity index (χ3n) is 1.70. The Bertz CT molecular complexity index is 425. The molecule has 0 unspecified atom stereocenters. The van der Waals surface area contributed by atoms with Gasteiger partial charge in [0, 0.05) is 11.8 Å². The molecule has 5 nitrogen and oxygen atoms in total. The first-order chi connectivity index (χ1) is 7.54. The summed E-state index contributed by atoms with van der Waals surface area (Å²) in [7, 11) is 0. The van der Waals surface area contributed by atoms with E-state index in [0.717, 1.165) is 12.1 Å². The van der Waals surface area contributed by atoms with Crippen molar-refractivity contribution >= 4 is 29.0 Å². The molecule has 0 saturated heterocycles. The van der Waals surface area contributed by atoms with E-state index in [1.54, 1.807) is 6.26 Å². The van der Waals surface area contributed by atoms with Crippen molar-refractivity contribution < 1.29 is 14.1 Å². The number of nitrogens with zero attached hydrogens (tertiary/aromatic N) is 1. The summed E-state index contributed by atoms with van der Waals surface area (Å²) in [5, 5.41) is 12.9. The molecule has 0 aliphatic carbocycles. The number of carbonyl (C=O) groups excluding carboxylic acids is 1. The number of benzene rings is 1. The number of amides is 1. The quantitative estimate of drug-likeness (QED) is 0.649. The summed E-state index contributed by atoms with van der Waals surface area (Å²) >= 11 is 1.32. The summed E-state index contributed by atoms with van der Waals surface area (Å²) in [4.78, 5) is 20.8. The molecular weight excluding hydrogens is 235 g/mol. The van der Waals surface area contributed by atoms with Gasteiger partial charge in [0.25, 0.3) is 0 Å². The van der Waals surface area contributed by atoms with Crippen molar-refractivity contribution in [2.45, 2.75) is 0 Å². The molecule has 1 rings (SSSR count). The van der Waals surface area contributed by atoms with Crippen molar-refractivity contribution in [1.29, 1.82) is 0 Å². The first kappa shape index (κ1) is 12.4. The summed E-state index contributed by atoms with van der Waals surface area (Å²) in [6.07, 6.45) is 1.76. The van der Waals surface area contributed by atoms with E-state index < -0.39 is 16.4 Å². The normalized spacial score (nSPS) is 9.88. The Morgan fingerprint density at radius 2 is 2.31 bits per heavy atom. The monoisotopic (exact) mass is 244 g/mol. The van der Waals surface area contributed by atoms with Gasteiger partial charge in [0.2, 0.25) is 11.7 Å². The lowest BCUT2D eigenvalue weighted by atomic mass is 10.2. The van der Waals surface area contributed by atoms with E-state index in [9.17, 15) is 19.3 Å². The maximum absolute atomic E-state index is 12.9. The van der Waals surface area contributed by atoms with Gasteiger partial charge in [0.05, 0.1) is 10.7 Å². The van der Waals surface area contributed by atoms with Crippen LogP contribution in [0.1, 0.15) is 0 Å². The molecule has 0 heterocycles. The Balaban J connectivity index is 2.87. The topological polar surface area (TPSA) is 72.2 Å². The van der Waals surface area contributed by atoms with Gasteiger partial charge in [-0.15, -0.1) is 0 Å². The number of thioether (sulfide) groups is 1. The number of anilines is 1. The predicted molar refractivity (Wildman–Crippen MR) is 60.1 cm³/mol. The van der Waals surface area contributed by atoms with Gasteiger partial charge in [-0.05, 0) is 18.4 Å². The van der Waals surface area contributed by atoms with Crippen LogP contribution in [0.15, 0.2) is 18.2 Å². The second-order valence-corrected chi connectivity index (χ2v) is 3.77. The lowest BCUT2D eigenvalue weighted by Crippen LogP contribution is -2.13. The van der Waals surface area contributed by atoms with Crippen LogP contribution in [0.2, 0.25) is 0 Å². The summed E-state index contributed by atoms with van der Waals surface area (Å²) < 4.78 is 12.9. The van der Waals surface area contributed by atoms with Crippen LogP contribution in [0.5, 0.6) is 0 Å². The van der Waals surface area contributed by atoms with Gasteiger partial charge < -0.3 is 5.32 Å². The summed E-state index contributed by atoms with van der Waals surface area (Å²) in [6, 6.07) is 3.22. The Morgan fingerprint density at radius 3 is 2.88 bits per heavy atom. The Kier molecular flexibility index (Phi) is 4.24. The van der Waals surface area contributed by atoms with Gasteiger partial charge >= 0.3 is 5.69 Å². The zero-order chi connectivity index (χ0) is 12.1. The summed E-state index contributed by atoms with van der Waals surface area (Å²) in [5.41, 5.74) is -0.436. The molecule has 1 aromatic rings. The smallest absolute Gasteiger partial charge is 0.306 e. The standard InChI is InChI=1S/C9H9FN2O3S/c1-16-5-9(13)11-6-2-3-7(10)8(4-6)12(14)15/h2-4H,5H2,1H3,(H,11,13). The lowest BCUT2D eigenvalue weighted by Gasteiger charge is -2.03. The Morgan fingerprint density at radius 1 is 1.62 bits per heavy atom. The van der Waals surface area contributed by atoms with E-state index in [0.29, 0.717) is 0 Å². The first-order valence-electron chi connectivity index (χ1n) is 4.27. The number of nitro groups is 1. The number of carbonyl (C=O) groups is 1. The molecule has 7 heteroatoms. The number of nitro benzene ring substituents is 1. The highest BCUT2D eigenvalue weighted by Crippen LogP contribution is 2.21. The highest BCUT2D eigenvalue weighted by molar-refractivity contribution is 7.99. The Labute approximate surface area is 95.2 Å². The van der Waals surface area contributed by atoms with Crippen LogP contribution in [-0.2, 0) is 4.79 Å². The van der Waals surface area contributed by atoms with Crippen LogP contribution in [-0.4, -0.2) is 22.8 Å². The average molecular weight is 244 g/mol. The second kappa shape index (κ2) is 5.45. The molecule has 1 amide bonds. The highest BCUT2D eigenvalue weighted by atomic mass is 32.2. The minimum Gasteiger partial charge on any atom is -0.325 e. The molecule has 0 atom stereocenters. The molecule has 1 N–H and O–H groups in total. The van der Waals surface area contributed by atoms with Gasteiger partial charge in [-0.1, -0.05) is 0 Å². The summed E-state index contributed by atoms with van der Waals surface area (Å²) in [5.74, 6) is -0.966. The number of halogens is 1. The fourth-order valence-electron chi connectivity index (χ4n) is 1.06. The van der Waals surface area contributed by atoms with Crippen molar-refractivity contribution in [2.24, 2.45) is 0 Å². The molecule has 1 aromatic carbocycles. The maximum atomic E-state index is 12.9. The molecule has 0 radical (unpaired) electrons. The van der Waals surface area contributed by atoms with Crippen molar-refractivity contribution in [2.75, 3.05) is 17.3 Å². The van der Waals surface area contributed by atoms with Crippen LogP contribution >= 0.6 is 11.8 Å². The van der Waals surface area contributed by atoms with Gasteiger partial charge in [0.15, 0.2) is 0 Å². The number of rotatable bonds is 4. The largest absolute Gasteiger partial charge is 0.325 e. The van der Waals surface area contributed by atoms with E-state index in [1.807, 2.05) is 0 Å². The molecule has 0 aliphatic rings. The predicted octanol–water partition coefficient (Wildman–Crippen LogP) is 2.04. The van der Waals surface area contributed by atoms with E-state index >= 15 is 0 Å². The average Bonchev–Trinajstić information content (AvgIpc) is 2.21. The van der Waals surface area contributed by atoms with Crippen LogP contribution in [0, 0.1) is 15.9 Å². The van der Waals surface area contributed by atoms with Crippen LogP contribution in [0.3, 0.4) is 0 Å². The summed E-state index contributed by atoms with van der Waals surface area (Å²) in [6.45, 7) is 0. The van der Waals surface area contributed by atoms with Crippen LogP contribution in [0.4, 0.5) is 15.8 Å². The second-order valence-electron chi connectivity index (χ2n) is 2.90. The van der Waals surface area contributed by atoms with Crippen molar-refractivity contribution in [3.8, 4) is 0 Å². The van der Waals surface area contributed by atoms with Crippen molar-refractivity contribution in [3.05, 3.63) is 34.1 Å². The Hall–Kier alpha value is -1.63. The number of hydrogen-bond donors (Lipinski definition) is 1. The maximum Gasteiger partial charge on any atom is 0.306 e. The van der Waals surface area contributed by atoms with Gasteiger partial charge in [-0.3, -0.25) is 14.9 Å². The minimum atomic E-state index is -0.923. The molecule has 86 valence electrons. The van der Waals surface area contributed by atoms with Gasteiger partial charge in [-0.25, -0.2) is 0 Å². The number of hydrogen-bond acceptors (Lipinski definition) is 4. The molecule has 0 fully saturated rings. The molecule has 0 bridgehead atoms. The third-order valence-corrected chi connectivity index (χ3v) is 2.25. The van der Waals surface area contributed by atoms with E-state index in [4.69, 9.17) is 0 Å². The fraction of sp³-hybridized carbons (Fsp3) is 0.222. The van der Waals surface area contributed by atoms with E-state index in [-0.39, 0.29) is 17.3 Å². The van der Waals surface area contributed by atoms with Gasteiger partial charge in [0.1, 0.15) is 0 Å². The SMILES string of the molecule is CSCC(=O)Nc1ccc(F)c([N+](=O)[O-])c1. The fourth-order valence-corrected chi connectivity index (χ4v) is 1.39. The van der Waals surface area contributed by atoms with Gasteiger partial charge in [-0.2, -0.15) is 16.2 Å². The van der Waals surface area contributed by atoms with Crippen molar-refractivity contribution in [3.63, 3.8) is 0 Å². The molecule has 0 aliphatic heterocycles. The third kappa shape index (κ3) is 3.20. The van der Waals surface area contributed by atoms with E-state index in [1.165, 1.54) is 17.8 Å². The minimum absolute atomic E-state index is 0.215. The number of nitrogens with one attached hydrogen (secondary N) is 1. The van der Waals surface area contributed by atoms with Crippen LogP contribution in [0.25, 0.3) is 0 Å². The highest BCUT2D eigenvalue weighted by Gasteiger charge is 2.14. The van der Waals surface area contributed by atoms with Crippen molar-refractivity contribution in [1.82, 2.24) is 0 Å². The van der Waals surface area contributed by atoms with Crippen LogP contribution < -0.4 is 5.32 Å². The molecule has 16 heavy (non-hydrogen) atoms. The molecule has 0 aromatic heterocycles. The zero-order valence-corrected chi connectivity index (χ0v) is 9.21. The zero-order valence-electron chi connectivity index (χ0n) is 8.40. The van der Waals surface area contributed by atoms with E-state index in [2.05, 4.69) is 5.32 Å². The molecule has 0 saturated carbocycles. The lowest BCUT2D eigenvalue weighted by molar-refractivity contribution is -0.387. The first-order valence-corrected chi connectivity index (χ1v) is 5.66. The molecule has 0 spiro atoms. The molecular formula is C9H9FN2O3S.